The predicted octanol–water partition coefficient (Wildman–Crippen LogP) is 2.35. The number of hydrogen-bond donors (Lipinski definition) is 1. The van der Waals surface area contributed by atoms with Gasteiger partial charge in [-0.25, -0.2) is 4.39 Å². The number of hydrazone groups is 1. The molecule has 0 aliphatic rings. The zero-order valence-electron chi connectivity index (χ0n) is 7.63. The lowest BCUT2D eigenvalue weighted by molar-refractivity contribution is 0.0536. The minimum absolute atomic E-state index is 0.237. The van der Waals surface area contributed by atoms with Gasteiger partial charge in [-0.05, 0) is 19.1 Å². The summed E-state index contributed by atoms with van der Waals surface area (Å²) in [4.78, 5) is 4.72. The van der Waals surface area contributed by atoms with Crippen LogP contribution in [0.25, 0.3) is 0 Å². The van der Waals surface area contributed by atoms with E-state index in [-0.39, 0.29) is 5.56 Å². The summed E-state index contributed by atoms with van der Waals surface area (Å²) in [5.41, 5.74) is 2.52. The van der Waals surface area contributed by atoms with Crippen molar-refractivity contribution in [3.63, 3.8) is 0 Å². The molecule has 0 aliphatic heterocycles. The lowest BCUT2D eigenvalue weighted by atomic mass is 10.2. The number of benzene rings is 1. The minimum Gasteiger partial charge on any atom is -0.259 e. The van der Waals surface area contributed by atoms with Crippen LogP contribution in [0.15, 0.2) is 23.3 Å². The van der Waals surface area contributed by atoms with Crippen LogP contribution < -0.4 is 5.59 Å². The summed E-state index contributed by atoms with van der Waals surface area (Å²) in [7, 11) is 0. The van der Waals surface area contributed by atoms with Crippen molar-refractivity contribution in [2.45, 2.75) is 6.92 Å². The molecule has 3 nitrogen and oxygen atoms in total. The molecule has 0 saturated carbocycles. The van der Waals surface area contributed by atoms with Gasteiger partial charge in [0.1, 0.15) is 5.82 Å². The van der Waals surface area contributed by atoms with E-state index in [0.29, 0.717) is 11.6 Å². The first-order chi connectivity index (χ1) is 6.75. The Morgan fingerprint density at radius 1 is 1.64 bits per heavy atom. The Morgan fingerprint density at radius 2 is 2.43 bits per heavy atom. The molecular weight excluding hydrogens is 207 g/mol. The molecular formula is C9H10ClFN2O. The third kappa shape index (κ3) is 2.97. The van der Waals surface area contributed by atoms with E-state index in [1.807, 2.05) is 0 Å². The first kappa shape index (κ1) is 10.9. The lowest BCUT2D eigenvalue weighted by Gasteiger charge is -1.99. The Labute approximate surface area is 86.5 Å². The van der Waals surface area contributed by atoms with Gasteiger partial charge in [0.05, 0.1) is 17.8 Å². The van der Waals surface area contributed by atoms with Crippen LogP contribution in [0, 0.1) is 5.82 Å². The molecule has 0 fully saturated rings. The third-order valence-corrected chi connectivity index (χ3v) is 1.78. The molecule has 0 bridgehead atoms. The van der Waals surface area contributed by atoms with E-state index >= 15 is 0 Å². The fraction of sp³-hybridized carbons (Fsp3) is 0.222. The molecule has 0 heterocycles. The van der Waals surface area contributed by atoms with E-state index in [1.54, 1.807) is 13.0 Å². The quantitative estimate of drug-likeness (QED) is 0.476. The highest BCUT2D eigenvalue weighted by Crippen LogP contribution is 2.16. The van der Waals surface area contributed by atoms with Gasteiger partial charge in [-0.2, -0.15) is 10.7 Å². The summed E-state index contributed by atoms with van der Waals surface area (Å²) in [6.45, 7) is 2.28. The number of hydrogen-bond acceptors (Lipinski definition) is 3. The summed E-state index contributed by atoms with van der Waals surface area (Å²) >= 11 is 5.74. The smallest absolute Gasteiger partial charge is 0.133 e. The highest BCUT2D eigenvalue weighted by Gasteiger charge is 2.02. The average molecular weight is 217 g/mol. The van der Waals surface area contributed by atoms with Gasteiger partial charge in [0, 0.05) is 5.56 Å². The molecule has 0 atom stereocenters. The van der Waals surface area contributed by atoms with E-state index in [2.05, 4.69) is 10.7 Å². The molecule has 1 rings (SSSR count). The van der Waals surface area contributed by atoms with Gasteiger partial charge in [-0.15, -0.1) is 0 Å². The number of nitrogens with zero attached hydrogens (tertiary/aromatic N) is 1. The average Bonchev–Trinajstić information content (AvgIpc) is 2.16. The minimum atomic E-state index is -0.417. The molecule has 1 N–H and O–H groups in total. The van der Waals surface area contributed by atoms with E-state index in [9.17, 15) is 4.39 Å². The maximum atomic E-state index is 13.1. The van der Waals surface area contributed by atoms with Crippen molar-refractivity contribution in [2.75, 3.05) is 6.61 Å². The summed E-state index contributed by atoms with van der Waals surface area (Å²) in [6, 6.07) is 4.44. The van der Waals surface area contributed by atoms with Crippen LogP contribution in [0.2, 0.25) is 5.02 Å². The zero-order chi connectivity index (χ0) is 10.4. The van der Waals surface area contributed by atoms with Crippen molar-refractivity contribution >= 4 is 17.8 Å². The Kier molecular flexibility index (Phi) is 4.35. The number of halogens is 2. The van der Waals surface area contributed by atoms with Crippen molar-refractivity contribution in [3.05, 3.63) is 34.6 Å². The van der Waals surface area contributed by atoms with Crippen LogP contribution in [-0.2, 0) is 4.84 Å². The van der Waals surface area contributed by atoms with Gasteiger partial charge in [0.2, 0.25) is 0 Å². The normalized spacial score (nSPS) is 10.8. The van der Waals surface area contributed by atoms with Crippen LogP contribution in [0.4, 0.5) is 4.39 Å². The fourth-order valence-corrected chi connectivity index (χ4v) is 1.04. The Balaban J connectivity index is 2.70. The van der Waals surface area contributed by atoms with Crippen LogP contribution >= 0.6 is 11.6 Å². The Bertz CT molecular complexity index is 310. The lowest BCUT2D eigenvalue weighted by Crippen LogP contribution is -2.06. The third-order valence-electron chi connectivity index (χ3n) is 1.45. The molecule has 1 aromatic carbocycles. The van der Waals surface area contributed by atoms with Gasteiger partial charge in [-0.3, -0.25) is 4.84 Å². The molecule has 76 valence electrons. The molecule has 14 heavy (non-hydrogen) atoms. The highest BCUT2D eigenvalue weighted by atomic mass is 35.5. The second-order valence-corrected chi connectivity index (χ2v) is 2.83. The Hall–Kier alpha value is -1.13. The molecule has 0 unspecified atom stereocenters. The molecule has 0 amide bonds. The molecule has 5 heteroatoms. The standard InChI is InChI=1S/C9H10ClFN2O/c1-2-14-13-12-6-7-8(10)4-3-5-9(7)11/h3-6,13H,2H2,1H3. The first-order valence-corrected chi connectivity index (χ1v) is 4.47. The zero-order valence-corrected chi connectivity index (χ0v) is 8.38. The summed E-state index contributed by atoms with van der Waals surface area (Å²) < 4.78 is 13.1. The maximum absolute atomic E-state index is 13.1. The van der Waals surface area contributed by atoms with E-state index in [4.69, 9.17) is 16.4 Å². The van der Waals surface area contributed by atoms with Crippen molar-refractivity contribution in [1.29, 1.82) is 0 Å². The molecule has 0 spiro atoms. The largest absolute Gasteiger partial charge is 0.259 e. The summed E-state index contributed by atoms with van der Waals surface area (Å²) in [5, 5.41) is 3.94. The monoisotopic (exact) mass is 216 g/mol. The van der Waals surface area contributed by atoms with Crippen LogP contribution in [-0.4, -0.2) is 12.8 Å². The van der Waals surface area contributed by atoms with E-state index in [0.717, 1.165) is 0 Å². The highest BCUT2D eigenvalue weighted by molar-refractivity contribution is 6.33. The van der Waals surface area contributed by atoms with Crippen molar-refractivity contribution in [2.24, 2.45) is 5.10 Å². The van der Waals surface area contributed by atoms with Crippen LogP contribution in [0.1, 0.15) is 12.5 Å². The molecule has 0 radical (unpaired) electrons. The van der Waals surface area contributed by atoms with Crippen LogP contribution in [0.5, 0.6) is 0 Å². The van der Waals surface area contributed by atoms with Gasteiger partial charge in [0.25, 0.3) is 0 Å². The number of nitrogens with one attached hydrogen (secondary N) is 1. The van der Waals surface area contributed by atoms with Crippen molar-refractivity contribution < 1.29 is 9.23 Å². The predicted molar refractivity (Wildman–Crippen MR) is 53.8 cm³/mol. The fourth-order valence-electron chi connectivity index (χ4n) is 0.827. The van der Waals surface area contributed by atoms with Gasteiger partial charge >= 0.3 is 0 Å². The maximum Gasteiger partial charge on any atom is 0.133 e. The van der Waals surface area contributed by atoms with Crippen LogP contribution in [0.3, 0.4) is 0 Å². The SMILES string of the molecule is CCONN=Cc1c(F)cccc1Cl. The topological polar surface area (TPSA) is 33.6 Å². The molecule has 0 aromatic heterocycles. The van der Waals surface area contributed by atoms with Gasteiger partial charge in [0.15, 0.2) is 0 Å². The van der Waals surface area contributed by atoms with Crippen molar-refractivity contribution in [3.8, 4) is 0 Å². The Morgan fingerprint density at radius 3 is 3.07 bits per heavy atom. The molecule has 0 saturated heterocycles. The second-order valence-electron chi connectivity index (χ2n) is 2.42. The summed E-state index contributed by atoms with van der Waals surface area (Å²) in [6.07, 6.45) is 1.27. The van der Waals surface area contributed by atoms with E-state index < -0.39 is 5.82 Å². The van der Waals surface area contributed by atoms with Gasteiger partial charge in [-0.1, -0.05) is 17.7 Å². The molecule has 0 aliphatic carbocycles. The first-order valence-electron chi connectivity index (χ1n) is 4.09. The number of rotatable bonds is 4. The van der Waals surface area contributed by atoms with Gasteiger partial charge < -0.3 is 0 Å². The molecule has 1 aromatic rings. The van der Waals surface area contributed by atoms with E-state index in [1.165, 1.54) is 18.3 Å². The second kappa shape index (κ2) is 5.57. The summed E-state index contributed by atoms with van der Waals surface area (Å²) in [5.74, 6) is -0.417. The van der Waals surface area contributed by atoms with Crippen molar-refractivity contribution in [1.82, 2.24) is 5.59 Å².